The van der Waals surface area contributed by atoms with Gasteiger partial charge in [-0.15, -0.1) is 0 Å². The number of rotatable bonds is 4. The normalized spacial score (nSPS) is 11.9. The number of amides is 1. The van der Waals surface area contributed by atoms with E-state index >= 15 is 0 Å². The number of hydrogen-bond donors (Lipinski definition) is 1. The average Bonchev–Trinajstić information content (AvgIpc) is 2.48. The third-order valence-corrected chi connectivity index (χ3v) is 3.32. The van der Waals surface area contributed by atoms with Crippen LogP contribution in [-0.2, 0) is 4.79 Å². The van der Waals surface area contributed by atoms with E-state index in [9.17, 15) is 4.79 Å². The van der Waals surface area contributed by atoms with E-state index in [0.717, 1.165) is 16.8 Å². The van der Waals surface area contributed by atoms with Crippen molar-refractivity contribution in [2.24, 2.45) is 5.73 Å². The molecule has 0 fully saturated rings. The lowest BCUT2D eigenvalue weighted by Crippen LogP contribution is -2.38. The molecule has 0 radical (unpaired) electrons. The van der Waals surface area contributed by atoms with Gasteiger partial charge in [-0.3, -0.25) is 4.79 Å². The Morgan fingerprint density at radius 3 is 2.45 bits per heavy atom. The summed E-state index contributed by atoms with van der Waals surface area (Å²) in [6.45, 7) is 4.57. The first kappa shape index (κ1) is 14.3. The van der Waals surface area contributed by atoms with Gasteiger partial charge in [0, 0.05) is 12.2 Å². The maximum atomic E-state index is 12.6. The molecule has 20 heavy (non-hydrogen) atoms. The fourth-order valence-corrected chi connectivity index (χ4v) is 2.23. The molecule has 0 unspecified atom stereocenters. The van der Waals surface area contributed by atoms with Gasteiger partial charge in [0.2, 0.25) is 5.91 Å². The predicted octanol–water partition coefficient (Wildman–Crippen LogP) is 3.05. The molecular weight excluding hydrogens is 248 g/mol. The second kappa shape index (κ2) is 6.35. The molecule has 0 aliphatic rings. The molecule has 0 saturated carbocycles. The van der Waals surface area contributed by atoms with Crippen molar-refractivity contribution in [3.8, 4) is 0 Å². The standard InChI is InChI=1S/C17H20N2O/c1-3-19(15-11-7-8-13(2)12-15)17(20)16(18)14-9-5-4-6-10-14/h4-12,16H,3,18H2,1-2H3/t16-/m1/s1. The molecule has 0 aliphatic heterocycles. The lowest BCUT2D eigenvalue weighted by Gasteiger charge is -2.25. The molecule has 0 saturated heterocycles. The maximum absolute atomic E-state index is 12.6. The van der Waals surface area contributed by atoms with Crippen LogP contribution in [0.5, 0.6) is 0 Å². The minimum Gasteiger partial charge on any atom is -0.316 e. The van der Waals surface area contributed by atoms with Crippen molar-refractivity contribution in [1.29, 1.82) is 0 Å². The Labute approximate surface area is 120 Å². The van der Waals surface area contributed by atoms with Gasteiger partial charge in [0.05, 0.1) is 0 Å². The second-order valence-electron chi connectivity index (χ2n) is 4.81. The average molecular weight is 268 g/mol. The van der Waals surface area contributed by atoms with Gasteiger partial charge < -0.3 is 10.6 Å². The summed E-state index contributed by atoms with van der Waals surface area (Å²) < 4.78 is 0. The minimum absolute atomic E-state index is 0.0794. The van der Waals surface area contributed by atoms with Crippen LogP contribution in [-0.4, -0.2) is 12.5 Å². The zero-order chi connectivity index (χ0) is 14.5. The summed E-state index contributed by atoms with van der Waals surface area (Å²) in [5, 5.41) is 0. The van der Waals surface area contributed by atoms with Gasteiger partial charge in [0.25, 0.3) is 0 Å². The van der Waals surface area contributed by atoms with Crippen molar-refractivity contribution in [3.63, 3.8) is 0 Å². The minimum atomic E-state index is -0.628. The molecule has 1 atom stereocenters. The van der Waals surface area contributed by atoms with Crippen LogP contribution < -0.4 is 10.6 Å². The van der Waals surface area contributed by atoms with Crippen LogP contribution in [0.4, 0.5) is 5.69 Å². The van der Waals surface area contributed by atoms with Crippen molar-refractivity contribution in [2.75, 3.05) is 11.4 Å². The van der Waals surface area contributed by atoms with Gasteiger partial charge in [-0.05, 0) is 37.1 Å². The van der Waals surface area contributed by atoms with E-state index in [1.807, 2.05) is 68.4 Å². The van der Waals surface area contributed by atoms with E-state index in [2.05, 4.69) is 0 Å². The molecule has 2 aromatic rings. The molecule has 104 valence electrons. The number of likely N-dealkylation sites (N-methyl/N-ethyl adjacent to an activating group) is 1. The summed E-state index contributed by atoms with van der Waals surface area (Å²) in [5.74, 6) is -0.0794. The van der Waals surface area contributed by atoms with E-state index in [4.69, 9.17) is 5.73 Å². The summed E-state index contributed by atoms with van der Waals surface area (Å²) >= 11 is 0. The number of benzene rings is 2. The highest BCUT2D eigenvalue weighted by Crippen LogP contribution is 2.20. The van der Waals surface area contributed by atoms with Crippen LogP contribution in [0.1, 0.15) is 24.1 Å². The molecule has 0 aromatic heterocycles. The summed E-state index contributed by atoms with van der Waals surface area (Å²) in [6.07, 6.45) is 0. The molecule has 0 bridgehead atoms. The van der Waals surface area contributed by atoms with Crippen molar-refractivity contribution in [1.82, 2.24) is 0 Å². The number of aryl methyl sites for hydroxylation is 1. The number of carbonyl (C=O) groups is 1. The van der Waals surface area contributed by atoms with Crippen LogP contribution in [0.3, 0.4) is 0 Å². The van der Waals surface area contributed by atoms with Crippen LogP contribution >= 0.6 is 0 Å². The Morgan fingerprint density at radius 2 is 1.85 bits per heavy atom. The van der Waals surface area contributed by atoms with Gasteiger partial charge in [-0.25, -0.2) is 0 Å². The quantitative estimate of drug-likeness (QED) is 0.926. The molecule has 2 aromatic carbocycles. The first-order chi connectivity index (χ1) is 9.63. The highest BCUT2D eigenvalue weighted by atomic mass is 16.2. The summed E-state index contributed by atoms with van der Waals surface area (Å²) in [6, 6.07) is 16.7. The number of anilines is 1. The van der Waals surface area contributed by atoms with Crippen molar-refractivity contribution >= 4 is 11.6 Å². The number of nitrogens with two attached hydrogens (primary N) is 1. The Kier molecular flexibility index (Phi) is 4.53. The molecule has 0 heterocycles. The van der Waals surface area contributed by atoms with Crippen LogP contribution in [0.25, 0.3) is 0 Å². The van der Waals surface area contributed by atoms with Crippen molar-refractivity contribution < 1.29 is 4.79 Å². The maximum Gasteiger partial charge on any atom is 0.248 e. The van der Waals surface area contributed by atoms with Crippen LogP contribution in [0.2, 0.25) is 0 Å². The Morgan fingerprint density at radius 1 is 1.15 bits per heavy atom. The van der Waals surface area contributed by atoms with Gasteiger partial charge in [0.1, 0.15) is 6.04 Å². The summed E-state index contributed by atoms with van der Waals surface area (Å²) in [4.78, 5) is 14.3. The van der Waals surface area contributed by atoms with Gasteiger partial charge in [-0.1, -0.05) is 42.5 Å². The highest BCUT2D eigenvalue weighted by Gasteiger charge is 2.22. The SMILES string of the molecule is CCN(C(=O)[C@H](N)c1ccccc1)c1cccc(C)c1. The molecule has 0 aliphatic carbocycles. The van der Waals surface area contributed by atoms with Crippen molar-refractivity contribution in [3.05, 3.63) is 65.7 Å². The molecule has 2 rings (SSSR count). The van der Waals surface area contributed by atoms with E-state index in [-0.39, 0.29) is 5.91 Å². The molecule has 1 amide bonds. The molecule has 3 heteroatoms. The Hall–Kier alpha value is -2.13. The van der Waals surface area contributed by atoms with Gasteiger partial charge >= 0.3 is 0 Å². The third kappa shape index (κ3) is 3.06. The topological polar surface area (TPSA) is 46.3 Å². The van der Waals surface area contributed by atoms with E-state index in [1.165, 1.54) is 0 Å². The molecular formula is C17H20N2O. The molecule has 3 nitrogen and oxygen atoms in total. The predicted molar refractivity (Wildman–Crippen MR) is 82.6 cm³/mol. The van der Waals surface area contributed by atoms with Gasteiger partial charge in [-0.2, -0.15) is 0 Å². The Balaban J connectivity index is 2.26. The number of hydrogen-bond acceptors (Lipinski definition) is 2. The van der Waals surface area contributed by atoms with E-state index < -0.39 is 6.04 Å². The first-order valence-electron chi connectivity index (χ1n) is 6.82. The molecule has 0 spiro atoms. The number of carbonyl (C=O) groups excluding carboxylic acids is 1. The third-order valence-electron chi connectivity index (χ3n) is 3.32. The van der Waals surface area contributed by atoms with Gasteiger partial charge in [0.15, 0.2) is 0 Å². The van der Waals surface area contributed by atoms with E-state index in [0.29, 0.717) is 6.54 Å². The smallest absolute Gasteiger partial charge is 0.248 e. The summed E-state index contributed by atoms with van der Waals surface area (Å²) in [5.41, 5.74) is 8.96. The van der Waals surface area contributed by atoms with Crippen LogP contribution in [0.15, 0.2) is 54.6 Å². The zero-order valence-electron chi connectivity index (χ0n) is 11.9. The highest BCUT2D eigenvalue weighted by molar-refractivity contribution is 5.97. The molecule has 2 N–H and O–H groups in total. The van der Waals surface area contributed by atoms with E-state index in [1.54, 1.807) is 4.90 Å². The largest absolute Gasteiger partial charge is 0.316 e. The second-order valence-corrected chi connectivity index (χ2v) is 4.81. The first-order valence-corrected chi connectivity index (χ1v) is 6.82. The fourth-order valence-electron chi connectivity index (χ4n) is 2.23. The monoisotopic (exact) mass is 268 g/mol. The Bertz CT molecular complexity index is 581. The summed E-state index contributed by atoms with van der Waals surface area (Å²) in [7, 11) is 0. The number of nitrogens with zero attached hydrogens (tertiary/aromatic N) is 1. The lowest BCUT2D eigenvalue weighted by molar-refractivity contribution is -0.119. The van der Waals surface area contributed by atoms with Crippen LogP contribution in [0, 0.1) is 6.92 Å². The zero-order valence-corrected chi connectivity index (χ0v) is 11.9. The fraction of sp³-hybridized carbons (Fsp3) is 0.235. The lowest BCUT2D eigenvalue weighted by atomic mass is 10.1. The van der Waals surface area contributed by atoms with Crippen molar-refractivity contribution in [2.45, 2.75) is 19.9 Å².